The number of H-pyrrole nitrogens is 1. The summed E-state index contributed by atoms with van der Waals surface area (Å²) in [5.74, 6) is 0.317. The van der Waals surface area contributed by atoms with E-state index in [2.05, 4.69) is 17.1 Å². The first kappa shape index (κ1) is 12.1. The molecule has 3 N–H and O–H groups in total. The van der Waals surface area contributed by atoms with E-state index in [1.807, 2.05) is 42.4 Å². The molecule has 0 saturated carbocycles. The molecular weight excluding hydrogens is 240 g/mol. The van der Waals surface area contributed by atoms with E-state index in [0.717, 1.165) is 23.3 Å². The predicted molar refractivity (Wildman–Crippen MR) is 71.6 cm³/mol. The number of aliphatic hydroxyl groups excluding tert-OH is 1. The summed E-state index contributed by atoms with van der Waals surface area (Å²) in [4.78, 5) is 3.03. The van der Waals surface area contributed by atoms with Crippen LogP contribution in [-0.4, -0.2) is 21.5 Å². The minimum Gasteiger partial charge on any atom is -0.364 e. The lowest BCUT2D eigenvalue weighted by molar-refractivity contribution is -0.672. The molecule has 19 heavy (non-hydrogen) atoms. The summed E-state index contributed by atoms with van der Waals surface area (Å²) in [5, 5.41) is 19.2. The second kappa shape index (κ2) is 4.64. The highest BCUT2D eigenvalue weighted by Crippen LogP contribution is 2.36. The number of rotatable bonds is 2. The van der Waals surface area contributed by atoms with Crippen LogP contribution in [0.3, 0.4) is 0 Å². The molecular formula is C15H17N2O2+. The van der Waals surface area contributed by atoms with Crippen LogP contribution >= 0.6 is 0 Å². The number of aromatic amines is 1. The number of nitrogens with one attached hydrogen (secondary N) is 1. The Balaban J connectivity index is 2.10. The van der Waals surface area contributed by atoms with Gasteiger partial charge in [0.15, 0.2) is 12.0 Å². The number of hydrogen-bond donors (Lipinski definition) is 3. The van der Waals surface area contributed by atoms with Gasteiger partial charge in [-0.1, -0.05) is 24.3 Å². The van der Waals surface area contributed by atoms with E-state index in [-0.39, 0.29) is 0 Å². The lowest BCUT2D eigenvalue weighted by Gasteiger charge is -2.25. The van der Waals surface area contributed by atoms with Crippen molar-refractivity contribution in [3.05, 3.63) is 59.7 Å². The first-order valence-electron chi connectivity index (χ1n) is 6.36. The molecule has 0 fully saturated rings. The fourth-order valence-corrected chi connectivity index (χ4v) is 2.65. The van der Waals surface area contributed by atoms with Crippen molar-refractivity contribution in [1.29, 1.82) is 0 Å². The summed E-state index contributed by atoms with van der Waals surface area (Å²) >= 11 is 0. The molecule has 0 radical (unpaired) electrons. The van der Waals surface area contributed by atoms with E-state index in [1.54, 1.807) is 0 Å². The zero-order chi connectivity index (χ0) is 13.4. The van der Waals surface area contributed by atoms with E-state index in [9.17, 15) is 10.2 Å². The standard InChI is InChI=1S/C15H16N2O2/c1-17-9-16-8-14(17)12-6-10-4-2-3-5-11(10)7-13(12)15(18)19/h2-3,5-10,15,18-19H,4H2,1H3/p+1. The van der Waals surface area contributed by atoms with Gasteiger partial charge in [-0.2, -0.15) is 0 Å². The molecule has 0 saturated heterocycles. The summed E-state index contributed by atoms with van der Waals surface area (Å²) in [6, 6.07) is 0. The highest BCUT2D eigenvalue weighted by atomic mass is 16.5. The summed E-state index contributed by atoms with van der Waals surface area (Å²) in [6.45, 7) is 0. The molecule has 1 atom stereocenters. The normalized spacial score (nSPS) is 21.9. The lowest BCUT2D eigenvalue weighted by atomic mass is 9.81. The molecule has 2 aliphatic rings. The maximum absolute atomic E-state index is 9.61. The molecule has 1 heterocycles. The highest BCUT2D eigenvalue weighted by Gasteiger charge is 2.27. The molecule has 1 unspecified atom stereocenters. The lowest BCUT2D eigenvalue weighted by Crippen LogP contribution is -2.31. The Morgan fingerprint density at radius 1 is 1.42 bits per heavy atom. The number of fused-ring (bicyclic) bond motifs is 1. The first-order valence-corrected chi connectivity index (χ1v) is 6.36. The van der Waals surface area contributed by atoms with Crippen LogP contribution < -0.4 is 4.57 Å². The van der Waals surface area contributed by atoms with Crippen LogP contribution in [-0.2, 0) is 7.05 Å². The van der Waals surface area contributed by atoms with Gasteiger partial charge >= 0.3 is 0 Å². The van der Waals surface area contributed by atoms with Gasteiger partial charge in [-0.05, 0) is 18.1 Å². The minimum absolute atomic E-state index is 0.317. The summed E-state index contributed by atoms with van der Waals surface area (Å²) < 4.78 is 1.94. The highest BCUT2D eigenvalue weighted by molar-refractivity contribution is 5.79. The summed E-state index contributed by atoms with van der Waals surface area (Å²) in [5.41, 5.74) is 3.52. The minimum atomic E-state index is -1.46. The third kappa shape index (κ3) is 2.09. The van der Waals surface area contributed by atoms with Crippen molar-refractivity contribution >= 4 is 5.57 Å². The Bertz CT molecular complexity index is 618. The second-order valence-corrected chi connectivity index (χ2v) is 4.93. The van der Waals surface area contributed by atoms with E-state index < -0.39 is 6.29 Å². The van der Waals surface area contributed by atoms with Crippen LogP contribution in [0.1, 0.15) is 12.1 Å². The quantitative estimate of drug-likeness (QED) is 0.546. The van der Waals surface area contributed by atoms with Crippen LogP contribution in [0, 0.1) is 5.92 Å². The van der Waals surface area contributed by atoms with E-state index in [4.69, 9.17) is 0 Å². The molecule has 0 amide bonds. The van der Waals surface area contributed by atoms with Crippen LogP contribution in [0.5, 0.6) is 0 Å². The largest absolute Gasteiger partial charge is 0.364 e. The second-order valence-electron chi connectivity index (χ2n) is 4.93. The Morgan fingerprint density at radius 3 is 2.95 bits per heavy atom. The fraction of sp³-hybridized carbons (Fsp3) is 0.267. The molecule has 4 nitrogen and oxygen atoms in total. The molecule has 0 spiro atoms. The Labute approximate surface area is 111 Å². The molecule has 4 heteroatoms. The zero-order valence-corrected chi connectivity index (χ0v) is 10.7. The van der Waals surface area contributed by atoms with E-state index in [0.29, 0.717) is 11.5 Å². The molecule has 1 aromatic heterocycles. The van der Waals surface area contributed by atoms with Crippen molar-refractivity contribution in [3.63, 3.8) is 0 Å². The summed E-state index contributed by atoms with van der Waals surface area (Å²) in [6.07, 6.45) is 13.4. The van der Waals surface area contributed by atoms with Gasteiger partial charge in [0, 0.05) is 17.1 Å². The molecule has 2 aliphatic carbocycles. The SMILES string of the molecule is C[n+]1c[nH]cc1C1=CC2CC=CC=C2C=C1C(O)O. The number of allylic oxidation sites excluding steroid dienone is 6. The van der Waals surface area contributed by atoms with Gasteiger partial charge in [-0.25, -0.2) is 9.55 Å². The monoisotopic (exact) mass is 257 g/mol. The van der Waals surface area contributed by atoms with Gasteiger partial charge in [-0.3, -0.25) is 0 Å². The van der Waals surface area contributed by atoms with Crippen LogP contribution in [0.25, 0.3) is 5.57 Å². The number of hydrogen-bond acceptors (Lipinski definition) is 2. The smallest absolute Gasteiger partial charge is 0.241 e. The van der Waals surface area contributed by atoms with Crippen LogP contribution in [0.4, 0.5) is 0 Å². The Kier molecular flexibility index (Phi) is 2.97. The molecule has 0 bridgehead atoms. The molecule has 0 aliphatic heterocycles. The zero-order valence-electron chi connectivity index (χ0n) is 10.7. The average molecular weight is 257 g/mol. The van der Waals surface area contributed by atoms with E-state index >= 15 is 0 Å². The molecule has 0 aromatic carbocycles. The Hall–Kier alpha value is -1.91. The predicted octanol–water partition coefficient (Wildman–Crippen LogP) is 0.976. The number of aliphatic hydroxyl groups is 2. The van der Waals surface area contributed by atoms with Crippen molar-refractivity contribution in [2.45, 2.75) is 12.7 Å². The third-order valence-corrected chi connectivity index (χ3v) is 3.67. The summed E-state index contributed by atoms with van der Waals surface area (Å²) in [7, 11) is 1.93. The number of aryl methyl sites for hydroxylation is 1. The topological polar surface area (TPSA) is 60.1 Å². The maximum atomic E-state index is 9.61. The number of aromatic nitrogens is 2. The van der Waals surface area contributed by atoms with Gasteiger partial charge in [0.05, 0.1) is 7.05 Å². The number of nitrogens with zero attached hydrogens (tertiary/aromatic N) is 1. The average Bonchev–Trinajstić information content (AvgIpc) is 2.83. The maximum Gasteiger partial charge on any atom is 0.241 e. The third-order valence-electron chi connectivity index (χ3n) is 3.67. The van der Waals surface area contributed by atoms with Crippen molar-refractivity contribution in [2.75, 3.05) is 0 Å². The van der Waals surface area contributed by atoms with Crippen molar-refractivity contribution < 1.29 is 14.8 Å². The van der Waals surface area contributed by atoms with Crippen LogP contribution in [0.2, 0.25) is 0 Å². The molecule has 3 rings (SSSR count). The van der Waals surface area contributed by atoms with Gasteiger partial charge in [0.1, 0.15) is 6.20 Å². The number of imidazole rings is 1. The van der Waals surface area contributed by atoms with Crippen molar-refractivity contribution in [2.24, 2.45) is 13.0 Å². The first-order chi connectivity index (χ1) is 9.16. The Morgan fingerprint density at radius 2 is 2.26 bits per heavy atom. The van der Waals surface area contributed by atoms with Gasteiger partial charge in [0.25, 0.3) is 0 Å². The van der Waals surface area contributed by atoms with Crippen molar-refractivity contribution in [3.8, 4) is 0 Å². The van der Waals surface area contributed by atoms with Gasteiger partial charge in [0.2, 0.25) is 6.33 Å². The van der Waals surface area contributed by atoms with Crippen LogP contribution in [0.15, 0.2) is 54.1 Å². The fourth-order valence-electron chi connectivity index (χ4n) is 2.65. The van der Waals surface area contributed by atoms with Gasteiger partial charge < -0.3 is 10.2 Å². The molecule has 98 valence electrons. The van der Waals surface area contributed by atoms with Gasteiger partial charge in [-0.15, -0.1) is 0 Å². The molecule has 1 aromatic rings. The van der Waals surface area contributed by atoms with Crippen molar-refractivity contribution in [1.82, 2.24) is 4.98 Å². The van der Waals surface area contributed by atoms with E-state index in [1.165, 1.54) is 0 Å².